The maximum absolute atomic E-state index is 13.8. The van der Waals surface area contributed by atoms with E-state index in [-0.39, 0.29) is 17.5 Å². The summed E-state index contributed by atoms with van der Waals surface area (Å²) in [6.07, 6.45) is 4.83. The van der Waals surface area contributed by atoms with Crippen molar-refractivity contribution < 1.29 is 22.4 Å². The Morgan fingerprint density at radius 2 is 1.76 bits per heavy atom. The van der Waals surface area contributed by atoms with Crippen molar-refractivity contribution in [1.29, 1.82) is 0 Å². The highest BCUT2D eigenvalue weighted by Crippen LogP contribution is 2.34. The predicted molar refractivity (Wildman–Crippen MR) is 127 cm³/mol. The molecule has 1 saturated heterocycles. The van der Waals surface area contributed by atoms with Crippen LogP contribution in [-0.4, -0.2) is 49.2 Å². The molecule has 2 fully saturated rings. The third-order valence-electron chi connectivity index (χ3n) is 6.75. The third kappa shape index (κ3) is 4.59. The number of nitrogens with one attached hydrogen (secondary N) is 1. The van der Waals surface area contributed by atoms with E-state index in [1.807, 2.05) is 0 Å². The second-order valence-electron chi connectivity index (χ2n) is 9.33. The number of piperazine rings is 1. The number of aryl methyl sites for hydroxylation is 1. The molecule has 1 aliphatic heterocycles. The summed E-state index contributed by atoms with van der Waals surface area (Å²) in [5.41, 5.74) is -0.633. The molecule has 2 aromatic carbocycles. The normalized spacial score (nSPS) is 22.6. The Bertz CT molecular complexity index is 1180. The van der Waals surface area contributed by atoms with Gasteiger partial charge in [-0.3, -0.25) is 14.5 Å². The molecule has 0 aromatic heterocycles. The molecule has 1 N–H and O–H groups in total. The van der Waals surface area contributed by atoms with Crippen molar-refractivity contribution in [3.8, 4) is 0 Å². The Balaban J connectivity index is 1.74. The summed E-state index contributed by atoms with van der Waals surface area (Å²) < 4.78 is 41.6. The second kappa shape index (κ2) is 9.46. The molecule has 0 unspecified atom stereocenters. The minimum absolute atomic E-state index is 0.0227. The monoisotopic (exact) mass is 487 g/mol. The van der Waals surface area contributed by atoms with Crippen molar-refractivity contribution >= 4 is 27.5 Å². The summed E-state index contributed by atoms with van der Waals surface area (Å²) in [4.78, 5) is 28.6. The van der Waals surface area contributed by atoms with E-state index < -0.39 is 39.7 Å². The average molecular weight is 488 g/mol. The van der Waals surface area contributed by atoms with Crippen LogP contribution < -0.4 is 10.2 Å². The van der Waals surface area contributed by atoms with Crippen LogP contribution in [0.4, 0.5) is 10.1 Å². The summed E-state index contributed by atoms with van der Waals surface area (Å²) in [5, 5.41) is 3.06. The van der Waals surface area contributed by atoms with E-state index in [4.69, 9.17) is 0 Å². The topological polar surface area (TPSA) is 86.8 Å². The van der Waals surface area contributed by atoms with E-state index in [2.05, 4.69) is 5.32 Å². The Morgan fingerprint density at radius 3 is 2.41 bits per heavy atom. The molecule has 2 aromatic rings. The van der Waals surface area contributed by atoms with Crippen molar-refractivity contribution in [3.05, 3.63) is 59.9 Å². The van der Waals surface area contributed by atoms with Gasteiger partial charge < -0.3 is 5.32 Å². The Kier molecular flexibility index (Phi) is 6.78. The zero-order chi connectivity index (χ0) is 24.5. The highest BCUT2D eigenvalue weighted by Gasteiger charge is 2.51. The molecule has 9 heteroatoms. The van der Waals surface area contributed by atoms with Crippen LogP contribution in [0.2, 0.25) is 0 Å². The number of hydrogen-bond acceptors (Lipinski definition) is 4. The smallest absolute Gasteiger partial charge is 0.247 e. The number of sulfonamides is 1. The lowest BCUT2D eigenvalue weighted by atomic mass is 9.91. The van der Waals surface area contributed by atoms with Crippen LogP contribution in [0.5, 0.6) is 0 Å². The van der Waals surface area contributed by atoms with Crippen molar-refractivity contribution in [2.45, 2.75) is 62.4 Å². The zero-order valence-electron chi connectivity index (χ0n) is 19.5. The molecule has 7 nitrogen and oxygen atoms in total. The first-order valence-electron chi connectivity index (χ1n) is 11.6. The highest BCUT2D eigenvalue weighted by molar-refractivity contribution is 7.89. The Hall–Kier alpha value is -2.78. The molecule has 2 aliphatic rings. The van der Waals surface area contributed by atoms with Crippen LogP contribution in [0.3, 0.4) is 0 Å². The number of benzene rings is 2. The van der Waals surface area contributed by atoms with Gasteiger partial charge in [0, 0.05) is 18.3 Å². The van der Waals surface area contributed by atoms with Gasteiger partial charge in [-0.25, -0.2) is 12.8 Å². The first-order valence-corrected chi connectivity index (χ1v) is 13.0. The van der Waals surface area contributed by atoms with E-state index in [1.54, 1.807) is 32.0 Å². The fourth-order valence-electron chi connectivity index (χ4n) is 4.91. The van der Waals surface area contributed by atoms with E-state index in [0.29, 0.717) is 11.3 Å². The number of carbonyl (C=O) groups excluding carboxylic acids is 2. The molecule has 1 aliphatic carbocycles. The van der Waals surface area contributed by atoms with Gasteiger partial charge in [-0.05, 0) is 62.6 Å². The third-order valence-corrected chi connectivity index (χ3v) is 8.55. The number of anilines is 1. The van der Waals surface area contributed by atoms with Gasteiger partial charge in [-0.15, -0.1) is 0 Å². The van der Waals surface area contributed by atoms with E-state index in [9.17, 15) is 22.4 Å². The molecule has 182 valence electrons. The van der Waals surface area contributed by atoms with Crippen molar-refractivity contribution in [1.82, 2.24) is 9.62 Å². The fourth-order valence-corrected chi connectivity index (χ4v) is 6.41. The largest absolute Gasteiger partial charge is 0.351 e. The van der Waals surface area contributed by atoms with Crippen molar-refractivity contribution in [2.24, 2.45) is 0 Å². The van der Waals surface area contributed by atoms with Crippen LogP contribution in [0.15, 0.2) is 53.4 Å². The second-order valence-corrected chi connectivity index (χ2v) is 11.3. The first-order chi connectivity index (χ1) is 16.1. The molecule has 2 amide bonds. The predicted octanol–water partition coefficient (Wildman–Crippen LogP) is 3.38. The van der Waals surface area contributed by atoms with Crippen LogP contribution >= 0.6 is 0 Å². The molecule has 1 heterocycles. The number of halogens is 1. The number of hydrogen-bond donors (Lipinski definition) is 1. The summed E-state index contributed by atoms with van der Waals surface area (Å²) in [7, 11) is -4.01. The maximum Gasteiger partial charge on any atom is 0.247 e. The van der Waals surface area contributed by atoms with E-state index >= 15 is 0 Å². The van der Waals surface area contributed by atoms with Gasteiger partial charge in [0.1, 0.15) is 11.4 Å². The highest BCUT2D eigenvalue weighted by atomic mass is 32.2. The molecule has 34 heavy (non-hydrogen) atoms. The van der Waals surface area contributed by atoms with Gasteiger partial charge in [-0.1, -0.05) is 37.5 Å². The maximum atomic E-state index is 13.8. The molecule has 4 rings (SSSR count). The fraction of sp³-hybridized carbons (Fsp3) is 0.440. The lowest BCUT2D eigenvalue weighted by Gasteiger charge is -2.47. The average Bonchev–Trinajstić information content (AvgIpc) is 2.81. The van der Waals surface area contributed by atoms with Crippen molar-refractivity contribution in [3.63, 3.8) is 0 Å². The SMILES string of the molecule is Cc1cc(F)ccc1N1C(=O)CN(S(=O)(=O)c2ccccc2)C[C@@]1(C)C(=O)NC1CCCCC1. The summed E-state index contributed by atoms with van der Waals surface area (Å²) >= 11 is 0. The van der Waals surface area contributed by atoms with Crippen molar-refractivity contribution in [2.75, 3.05) is 18.0 Å². The minimum Gasteiger partial charge on any atom is -0.351 e. The quantitative estimate of drug-likeness (QED) is 0.701. The Labute approximate surface area is 200 Å². The zero-order valence-corrected chi connectivity index (χ0v) is 20.3. The summed E-state index contributed by atoms with van der Waals surface area (Å²) in [6, 6.07) is 11.9. The lowest BCUT2D eigenvalue weighted by Crippen LogP contribution is -2.71. The summed E-state index contributed by atoms with van der Waals surface area (Å²) in [5.74, 6) is -1.40. The number of rotatable bonds is 5. The molecule has 0 radical (unpaired) electrons. The van der Waals surface area contributed by atoms with Crippen LogP contribution in [0.25, 0.3) is 0 Å². The number of amides is 2. The van der Waals surface area contributed by atoms with Gasteiger partial charge in [-0.2, -0.15) is 4.31 Å². The number of carbonyl (C=O) groups is 2. The van der Waals surface area contributed by atoms with Crippen LogP contribution in [-0.2, 0) is 19.6 Å². The molecular formula is C25H30FN3O4S. The number of nitrogens with zero attached hydrogens (tertiary/aromatic N) is 2. The molecule has 0 spiro atoms. The van der Waals surface area contributed by atoms with Gasteiger partial charge in [0.05, 0.1) is 11.4 Å². The molecule has 0 bridgehead atoms. The molecular weight excluding hydrogens is 457 g/mol. The van der Waals surface area contributed by atoms with E-state index in [0.717, 1.165) is 36.4 Å². The first kappa shape index (κ1) is 24.3. The molecule has 1 atom stereocenters. The van der Waals surface area contributed by atoms with Crippen LogP contribution in [0, 0.1) is 12.7 Å². The van der Waals surface area contributed by atoms with Gasteiger partial charge in [0.2, 0.25) is 21.8 Å². The van der Waals surface area contributed by atoms with Gasteiger partial charge >= 0.3 is 0 Å². The van der Waals surface area contributed by atoms with Gasteiger partial charge in [0.15, 0.2) is 0 Å². The van der Waals surface area contributed by atoms with E-state index in [1.165, 1.54) is 35.2 Å². The van der Waals surface area contributed by atoms with Gasteiger partial charge in [0.25, 0.3) is 0 Å². The summed E-state index contributed by atoms with van der Waals surface area (Å²) in [6.45, 7) is 2.61. The Morgan fingerprint density at radius 1 is 1.09 bits per heavy atom. The standard InChI is InChI=1S/C25H30FN3O4S/c1-18-15-19(26)13-14-22(18)29-23(30)16-28(34(32,33)21-11-7-4-8-12-21)17-25(29,2)24(31)27-20-9-5-3-6-10-20/h4,7-8,11-15,20H,3,5-6,9-10,16-17H2,1-2H3,(H,27,31)/t25-/m0/s1. The molecule has 1 saturated carbocycles. The van der Waals surface area contributed by atoms with Crippen LogP contribution in [0.1, 0.15) is 44.6 Å². The lowest BCUT2D eigenvalue weighted by molar-refractivity contribution is -0.133. The minimum atomic E-state index is -4.01.